The van der Waals surface area contributed by atoms with Gasteiger partial charge >= 0.3 is 0 Å². The minimum absolute atomic E-state index is 0.169. The van der Waals surface area contributed by atoms with Crippen LogP contribution in [0.5, 0.6) is 0 Å². The van der Waals surface area contributed by atoms with Gasteiger partial charge in [0.25, 0.3) is 0 Å². The fourth-order valence-electron chi connectivity index (χ4n) is 0.371. The highest BCUT2D eigenvalue weighted by molar-refractivity contribution is 5.04. The number of rotatable bonds is 0. The smallest absolute Gasteiger partial charge is 0.125 e. The molecular formula is C4H8FN. The van der Waals surface area contributed by atoms with Crippen molar-refractivity contribution in [3.05, 3.63) is 0 Å². The van der Waals surface area contributed by atoms with Crippen LogP contribution in [-0.4, -0.2) is 11.7 Å². The Bertz CT molecular complexity index is 69.9. The summed E-state index contributed by atoms with van der Waals surface area (Å²) in [5.41, 5.74) is 4.11. The van der Waals surface area contributed by atoms with Gasteiger partial charge in [-0.3, -0.25) is 0 Å². The molecule has 36 valence electrons. The minimum atomic E-state index is -1.01. The van der Waals surface area contributed by atoms with Gasteiger partial charge in [0.1, 0.15) is 5.67 Å². The second kappa shape index (κ2) is 0.757. The first-order chi connectivity index (χ1) is 2.63. The first kappa shape index (κ1) is 4.06. The van der Waals surface area contributed by atoms with E-state index in [0.717, 1.165) is 0 Å². The summed E-state index contributed by atoms with van der Waals surface area (Å²) in [6.45, 7) is 1.53. The maximum absolute atomic E-state index is 12.1. The standard InChI is InChI=1S/C4H8FN/c1-4(5)2-3(4)6/h3H,2,6H2,1H3. The van der Waals surface area contributed by atoms with Crippen molar-refractivity contribution in [1.82, 2.24) is 0 Å². The van der Waals surface area contributed by atoms with Crippen LogP contribution in [0.15, 0.2) is 0 Å². The van der Waals surface area contributed by atoms with Gasteiger partial charge in [0.2, 0.25) is 0 Å². The van der Waals surface area contributed by atoms with E-state index in [-0.39, 0.29) is 6.04 Å². The Kier molecular flexibility index (Phi) is 0.512. The Morgan fingerprint density at radius 1 is 2.00 bits per heavy atom. The Morgan fingerprint density at radius 3 is 2.17 bits per heavy atom. The van der Waals surface area contributed by atoms with Crippen molar-refractivity contribution in [3.8, 4) is 0 Å². The first-order valence-corrected chi connectivity index (χ1v) is 2.07. The molecule has 0 radical (unpaired) electrons. The molecule has 1 fully saturated rings. The van der Waals surface area contributed by atoms with E-state index in [1.54, 1.807) is 0 Å². The summed E-state index contributed by atoms with van der Waals surface area (Å²) in [5.74, 6) is 0. The molecule has 0 aromatic carbocycles. The van der Waals surface area contributed by atoms with Crippen molar-refractivity contribution < 1.29 is 4.39 Å². The molecule has 2 atom stereocenters. The number of nitrogens with two attached hydrogens (primary N) is 1. The van der Waals surface area contributed by atoms with Gasteiger partial charge in [-0.15, -0.1) is 0 Å². The highest BCUT2D eigenvalue weighted by Gasteiger charge is 2.48. The van der Waals surface area contributed by atoms with Crippen LogP contribution >= 0.6 is 0 Å². The number of hydrogen-bond donors (Lipinski definition) is 1. The zero-order valence-electron chi connectivity index (χ0n) is 3.74. The lowest BCUT2D eigenvalue weighted by atomic mass is 10.4. The molecule has 0 heterocycles. The highest BCUT2D eigenvalue weighted by atomic mass is 19.1. The van der Waals surface area contributed by atoms with Gasteiger partial charge in [0, 0.05) is 12.5 Å². The molecule has 0 bridgehead atoms. The third kappa shape index (κ3) is 0.411. The van der Waals surface area contributed by atoms with Crippen molar-refractivity contribution in [2.24, 2.45) is 5.73 Å². The maximum Gasteiger partial charge on any atom is 0.125 e. The molecule has 2 N–H and O–H groups in total. The van der Waals surface area contributed by atoms with Gasteiger partial charge < -0.3 is 5.73 Å². The zero-order valence-corrected chi connectivity index (χ0v) is 3.74. The summed E-state index contributed by atoms with van der Waals surface area (Å²) >= 11 is 0. The average Bonchev–Trinajstić information content (AvgIpc) is 1.73. The number of alkyl halides is 1. The van der Waals surface area contributed by atoms with Crippen LogP contribution in [0.2, 0.25) is 0 Å². The molecule has 1 saturated carbocycles. The van der Waals surface area contributed by atoms with E-state index in [1.807, 2.05) is 0 Å². The third-order valence-corrected chi connectivity index (χ3v) is 1.23. The number of hydrogen-bond acceptors (Lipinski definition) is 1. The number of halogens is 1. The Balaban J connectivity index is 2.41. The second-order valence-electron chi connectivity index (χ2n) is 2.09. The topological polar surface area (TPSA) is 26.0 Å². The average molecular weight is 89.1 g/mol. The molecule has 0 amide bonds. The molecule has 0 spiro atoms. The van der Waals surface area contributed by atoms with Gasteiger partial charge in [0.15, 0.2) is 0 Å². The summed E-state index contributed by atoms with van der Waals surface area (Å²) in [6.07, 6.45) is 0.549. The van der Waals surface area contributed by atoms with Crippen LogP contribution in [-0.2, 0) is 0 Å². The molecule has 2 unspecified atom stereocenters. The van der Waals surface area contributed by atoms with E-state index in [2.05, 4.69) is 0 Å². The van der Waals surface area contributed by atoms with Crippen LogP contribution < -0.4 is 5.73 Å². The van der Waals surface area contributed by atoms with Gasteiger partial charge in [-0.2, -0.15) is 0 Å². The van der Waals surface area contributed by atoms with Gasteiger partial charge in [-0.1, -0.05) is 0 Å². The SMILES string of the molecule is CC1(F)CC1N. The first-order valence-electron chi connectivity index (χ1n) is 2.07. The maximum atomic E-state index is 12.1. The molecule has 6 heavy (non-hydrogen) atoms. The predicted molar refractivity (Wildman–Crippen MR) is 22.1 cm³/mol. The third-order valence-electron chi connectivity index (χ3n) is 1.23. The molecule has 2 heteroatoms. The van der Waals surface area contributed by atoms with Crippen LogP contribution in [0.1, 0.15) is 13.3 Å². The van der Waals surface area contributed by atoms with E-state index in [0.29, 0.717) is 6.42 Å². The van der Waals surface area contributed by atoms with Crippen LogP contribution in [0.25, 0.3) is 0 Å². The minimum Gasteiger partial charge on any atom is -0.325 e. The quantitative estimate of drug-likeness (QED) is 0.458. The van der Waals surface area contributed by atoms with Crippen molar-refractivity contribution in [1.29, 1.82) is 0 Å². The molecule has 1 rings (SSSR count). The Hall–Kier alpha value is -0.110. The van der Waals surface area contributed by atoms with Crippen LogP contribution in [0.3, 0.4) is 0 Å². The largest absolute Gasteiger partial charge is 0.325 e. The zero-order chi connectivity index (χ0) is 4.78. The van der Waals surface area contributed by atoms with Gasteiger partial charge in [-0.05, 0) is 6.92 Å². The van der Waals surface area contributed by atoms with Crippen molar-refractivity contribution in [2.45, 2.75) is 25.1 Å². The van der Waals surface area contributed by atoms with Crippen molar-refractivity contribution in [3.63, 3.8) is 0 Å². The molecule has 0 aromatic rings. The normalized spacial score (nSPS) is 55.5. The summed E-state index contributed by atoms with van der Waals surface area (Å²) in [5, 5.41) is 0. The predicted octanol–water partition coefficient (Wildman–Crippen LogP) is 0.446. The molecule has 0 saturated heterocycles. The van der Waals surface area contributed by atoms with E-state index < -0.39 is 5.67 Å². The highest BCUT2D eigenvalue weighted by Crippen LogP contribution is 2.37. The van der Waals surface area contributed by atoms with Crippen LogP contribution in [0.4, 0.5) is 4.39 Å². The van der Waals surface area contributed by atoms with E-state index in [9.17, 15) is 4.39 Å². The molecule has 1 aliphatic rings. The van der Waals surface area contributed by atoms with Gasteiger partial charge in [-0.25, -0.2) is 4.39 Å². The summed E-state index contributed by atoms with van der Waals surface area (Å²) in [6, 6.07) is -0.169. The lowest BCUT2D eigenvalue weighted by Gasteiger charge is -1.87. The molecule has 1 nitrogen and oxygen atoms in total. The van der Waals surface area contributed by atoms with Crippen molar-refractivity contribution >= 4 is 0 Å². The van der Waals surface area contributed by atoms with E-state index in [4.69, 9.17) is 5.73 Å². The molecule has 0 aliphatic heterocycles. The Morgan fingerprint density at radius 2 is 2.17 bits per heavy atom. The van der Waals surface area contributed by atoms with Gasteiger partial charge in [0.05, 0.1) is 0 Å². The van der Waals surface area contributed by atoms with Crippen molar-refractivity contribution in [2.75, 3.05) is 0 Å². The fourth-order valence-corrected chi connectivity index (χ4v) is 0.371. The Labute approximate surface area is 36.3 Å². The van der Waals surface area contributed by atoms with Crippen LogP contribution in [0, 0.1) is 0 Å². The molecular weight excluding hydrogens is 81.0 g/mol. The summed E-state index contributed by atoms with van der Waals surface area (Å²) in [7, 11) is 0. The summed E-state index contributed by atoms with van der Waals surface area (Å²) < 4.78 is 12.1. The molecule has 0 aromatic heterocycles. The lowest BCUT2D eigenvalue weighted by Crippen LogP contribution is -2.09. The van der Waals surface area contributed by atoms with E-state index >= 15 is 0 Å². The second-order valence-corrected chi connectivity index (χ2v) is 2.09. The lowest BCUT2D eigenvalue weighted by molar-refractivity contribution is 0.328. The molecule has 1 aliphatic carbocycles. The summed E-state index contributed by atoms with van der Waals surface area (Å²) in [4.78, 5) is 0. The monoisotopic (exact) mass is 89.1 g/mol. The fraction of sp³-hybridized carbons (Fsp3) is 1.00. The van der Waals surface area contributed by atoms with E-state index in [1.165, 1.54) is 6.92 Å².